The molecule has 0 radical (unpaired) electrons. The first-order valence-corrected chi connectivity index (χ1v) is 7.25. The Kier molecular flexibility index (Phi) is 4.62. The highest BCUT2D eigenvalue weighted by Gasteiger charge is 2.41. The second kappa shape index (κ2) is 6.24. The van der Waals surface area contributed by atoms with E-state index in [-0.39, 0.29) is 36.0 Å². The predicted octanol–water partition coefficient (Wildman–Crippen LogP) is 0.458. The number of hydrogen-bond donors (Lipinski definition) is 1. The van der Waals surface area contributed by atoms with Crippen molar-refractivity contribution in [1.82, 2.24) is 10.2 Å². The Balaban J connectivity index is 1.74. The summed E-state index contributed by atoms with van der Waals surface area (Å²) in [6.45, 7) is 4.19. The SMILES string of the molecule is CCOC(=O)CCC(=O)N1CCC2(CC1)CNC(=O)C2. The molecule has 0 saturated carbocycles. The van der Waals surface area contributed by atoms with Crippen LogP contribution >= 0.6 is 0 Å². The van der Waals surface area contributed by atoms with Gasteiger partial charge in [-0.2, -0.15) is 0 Å². The zero-order valence-electron chi connectivity index (χ0n) is 11.9. The van der Waals surface area contributed by atoms with E-state index < -0.39 is 0 Å². The van der Waals surface area contributed by atoms with Crippen LogP contribution in [0.2, 0.25) is 0 Å². The summed E-state index contributed by atoms with van der Waals surface area (Å²) >= 11 is 0. The Labute approximate surface area is 118 Å². The monoisotopic (exact) mass is 282 g/mol. The first kappa shape index (κ1) is 14.8. The first-order chi connectivity index (χ1) is 9.54. The molecule has 20 heavy (non-hydrogen) atoms. The maximum Gasteiger partial charge on any atom is 0.306 e. The second-order valence-corrected chi connectivity index (χ2v) is 5.64. The van der Waals surface area contributed by atoms with Crippen molar-refractivity contribution in [3.05, 3.63) is 0 Å². The summed E-state index contributed by atoms with van der Waals surface area (Å²) < 4.78 is 4.81. The number of nitrogens with zero attached hydrogens (tertiary/aromatic N) is 1. The highest BCUT2D eigenvalue weighted by molar-refractivity contribution is 5.82. The average Bonchev–Trinajstić information content (AvgIpc) is 2.78. The van der Waals surface area contributed by atoms with E-state index >= 15 is 0 Å². The van der Waals surface area contributed by atoms with Crippen LogP contribution in [0.5, 0.6) is 0 Å². The molecule has 2 saturated heterocycles. The zero-order chi connectivity index (χ0) is 14.6. The molecule has 0 aromatic rings. The first-order valence-electron chi connectivity index (χ1n) is 7.25. The van der Waals surface area contributed by atoms with Gasteiger partial charge in [-0.05, 0) is 25.2 Å². The fourth-order valence-electron chi connectivity index (χ4n) is 2.94. The largest absolute Gasteiger partial charge is 0.466 e. The van der Waals surface area contributed by atoms with Crippen molar-refractivity contribution >= 4 is 17.8 Å². The highest BCUT2D eigenvalue weighted by Crippen LogP contribution is 2.37. The van der Waals surface area contributed by atoms with E-state index in [1.54, 1.807) is 11.8 Å². The van der Waals surface area contributed by atoms with Crippen LogP contribution in [0.25, 0.3) is 0 Å². The Bertz CT molecular complexity index is 400. The molecule has 1 N–H and O–H groups in total. The zero-order valence-corrected chi connectivity index (χ0v) is 11.9. The summed E-state index contributed by atoms with van der Waals surface area (Å²) in [6, 6.07) is 0. The number of carbonyl (C=O) groups excluding carboxylic acids is 3. The quantitative estimate of drug-likeness (QED) is 0.760. The summed E-state index contributed by atoms with van der Waals surface area (Å²) in [5.74, 6) is -0.197. The molecule has 0 unspecified atom stereocenters. The lowest BCUT2D eigenvalue weighted by atomic mass is 9.77. The third kappa shape index (κ3) is 3.49. The number of ether oxygens (including phenoxy) is 1. The van der Waals surface area contributed by atoms with Crippen molar-refractivity contribution < 1.29 is 19.1 Å². The minimum Gasteiger partial charge on any atom is -0.466 e. The van der Waals surface area contributed by atoms with E-state index in [4.69, 9.17) is 4.74 Å². The molecule has 0 bridgehead atoms. The van der Waals surface area contributed by atoms with Gasteiger partial charge in [-0.1, -0.05) is 0 Å². The normalized spacial score (nSPS) is 20.9. The van der Waals surface area contributed by atoms with E-state index in [0.717, 1.165) is 19.4 Å². The molecule has 112 valence electrons. The number of likely N-dealkylation sites (tertiary alicyclic amines) is 1. The number of piperidine rings is 1. The predicted molar refractivity (Wildman–Crippen MR) is 71.7 cm³/mol. The Morgan fingerprint density at radius 1 is 1.30 bits per heavy atom. The van der Waals surface area contributed by atoms with Gasteiger partial charge < -0.3 is 15.0 Å². The van der Waals surface area contributed by atoms with Gasteiger partial charge in [0.15, 0.2) is 0 Å². The smallest absolute Gasteiger partial charge is 0.306 e. The molecule has 0 atom stereocenters. The van der Waals surface area contributed by atoms with Gasteiger partial charge in [0.2, 0.25) is 11.8 Å². The number of nitrogens with one attached hydrogen (secondary N) is 1. The van der Waals surface area contributed by atoms with Crippen LogP contribution in [0.4, 0.5) is 0 Å². The van der Waals surface area contributed by atoms with Crippen molar-refractivity contribution in [2.45, 2.75) is 39.0 Å². The van der Waals surface area contributed by atoms with Crippen LogP contribution in [0.15, 0.2) is 0 Å². The van der Waals surface area contributed by atoms with Gasteiger partial charge in [-0.25, -0.2) is 0 Å². The minimum absolute atomic E-state index is 0.00480. The van der Waals surface area contributed by atoms with E-state index in [0.29, 0.717) is 26.1 Å². The summed E-state index contributed by atoms with van der Waals surface area (Å²) in [6.07, 6.45) is 2.66. The van der Waals surface area contributed by atoms with Crippen molar-refractivity contribution in [2.75, 3.05) is 26.2 Å². The Morgan fingerprint density at radius 2 is 2.00 bits per heavy atom. The third-order valence-electron chi connectivity index (χ3n) is 4.22. The molecule has 2 heterocycles. The minimum atomic E-state index is -0.320. The van der Waals surface area contributed by atoms with Gasteiger partial charge in [0.1, 0.15) is 0 Å². The topological polar surface area (TPSA) is 75.7 Å². The van der Waals surface area contributed by atoms with Crippen LogP contribution < -0.4 is 5.32 Å². The van der Waals surface area contributed by atoms with Gasteiger partial charge in [0.05, 0.1) is 13.0 Å². The molecule has 2 amide bonds. The fraction of sp³-hybridized carbons (Fsp3) is 0.786. The summed E-state index contributed by atoms with van der Waals surface area (Å²) in [7, 11) is 0. The van der Waals surface area contributed by atoms with Gasteiger partial charge in [-0.15, -0.1) is 0 Å². The lowest BCUT2D eigenvalue weighted by Crippen LogP contribution is -2.44. The molecule has 1 spiro atoms. The van der Waals surface area contributed by atoms with Crippen LogP contribution in [-0.2, 0) is 19.1 Å². The van der Waals surface area contributed by atoms with Crippen molar-refractivity contribution in [1.29, 1.82) is 0 Å². The molecule has 2 rings (SSSR count). The number of esters is 1. The summed E-state index contributed by atoms with van der Waals surface area (Å²) in [5, 5.41) is 2.87. The Hall–Kier alpha value is -1.59. The van der Waals surface area contributed by atoms with Crippen LogP contribution in [0, 0.1) is 5.41 Å². The highest BCUT2D eigenvalue weighted by atomic mass is 16.5. The molecule has 0 aromatic heterocycles. The molecule has 2 aliphatic rings. The van der Waals surface area contributed by atoms with Gasteiger partial charge in [0, 0.05) is 32.5 Å². The van der Waals surface area contributed by atoms with E-state index in [1.807, 2.05) is 0 Å². The van der Waals surface area contributed by atoms with Crippen molar-refractivity contribution in [3.63, 3.8) is 0 Å². The van der Waals surface area contributed by atoms with Gasteiger partial charge >= 0.3 is 5.97 Å². The third-order valence-corrected chi connectivity index (χ3v) is 4.22. The molecule has 6 nitrogen and oxygen atoms in total. The van der Waals surface area contributed by atoms with Crippen molar-refractivity contribution in [3.8, 4) is 0 Å². The molecule has 2 aliphatic heterocycles. The number of carbonyl (C=O) groups is 3. The van der Waals surface area contributed by atoms with Crippen LogP contribution in [-0.4, -0.2) is 48.9 Å². The maximum atomic E-state index is 12.0. The molecule has 6 heteroatoms. The van der Waals surface area contributed by atoms with Crippen molar-refractivity contribution in [2.24, 2.45) is 5.41 Å². The standard InChI is InChI=1S/C14H22N2O4/c1-2-20-13(19)4-3-12(18)16-7-5-14(6-8-16)9-11(17)15-10-14/h2-10H2,1H3,(H,15,17). The van der Waals surface area contributed by atoms with Crippen LogP contribution in [0.1, 0.15) is 39.0 Å². The maximum absolute atomic E-state index is 12.0. The molecule has 0 aromatic carbocycles. The Morgan fingerprint density at radius 3 is 2.55 bits per heavy atom. The molecule has 2 fully saturated rings. The lowest BCUT2D eigenvalue weighted by molar-refractivity contribution is -0.146. The lowest BCUT2D eigenvalue weighted by Gasteiger charge is -2.38. The number of rotatable bonds is 4. The average molecular weight is 282 g/mol. The van der Waals surface area contributed by atoms with Gasteiger partial charge in [-0.3, -0.25) is 14.4 Å². The van der Waals surface area contributed by atoms with E-state index in [1.165, 1.54) is 0 Å². The molecule has 0 aliphatic carbocycles. The number of hydrogen-bond acceptors (Lipinski definition) is 4. The molecular formula is C14H22N2O4. The van der Waals surface area contributed by atoms with Crippen LogP contribution in [0.3, 0.4) is 0 Å². The van der Waals surface area contributed by atoms with Gasteiger partial charge in [0.25, 0.3) is 0 Å². The fourth-order valence-corrected chi connectivity index (χ4v) is 2.94. The molecular weight excluding hydrogens is 260 g/mol. The second-order valence-electron chi connectivity index (χ2n) is 5.64. The van der Waals surface area contributed by atoms with E-state index in [9.17, 15) is 14.4 Å². The summed E-state index contributed by atoms with van der Waals surface area (Å²) in [5.41, 5.74) is 0.0506. The summed E-state index contributed by atoms with van der Waals surface area (Å²) in [4.78, 5) is 36.4. The van der Waals surface area contributed by atoms with E-state index in [2.05, 4.69) is 5.32 Å². The number of amides is 2.